The Kier molecular flexibility index (Phi) is 7.37. The predicted octanol–water partition coefficient (Wildman–Crippen LogP) is 4.09. The van der Waals surface area contributed by atoms with Gasteiger partial charge in [0.2, 0.25) is 10.0 Å². The lowest BCUT2D eigenvalue weighted by Crippen LogP contribution is -2.21. The highest BCUT2D eigenvalue weighted by Gasteiger charge is 2.29. The van der Waals surface area contributed by atoms with E-state index in [4.69, 9.17) is 14.6 Å². The highest BCUT2D eigenvalue weighted by atomic mass is 79.9. The van der Waals surface area contributed by atoms with E-state index in [0.29, 0.717) is 35.1 Å². The van der Waals surface area contributed by atoms with Crippen LogP contribution in [0, 0.1) is 0 Å². The summed E-state index contributed by atoms with van der Waals surface area (Å²) in [6.07, 6.45) is 3.68. The van der Waals surface area contributed by atoms with Gasteiger partial charge in [0.15, 0.2) is 11.5 Å². The van der Waals surface area contributed by atoms with Crippen molar-refractivity contribution in [2.45, 2.75) is 31.6 Å². The molecule has 0 unspecified atom stereocenters. The van der Waals surface area contributed by atoms with Gasteiger partial charge in [0.1, 0.15) is 0 Å². The first-order chi connectivity index (χ1) is 15.2. The van der Waals surface area contributed by atoms with Crippen LogP contribution in [0.25, 0.3) is 6.08 Å². The Morgan fingerprint density at radius 1 is 1.22 bits per heavy atom. The van der Waals surface area contributed by atoms with Crippen LogP contribution in [0.1, 0.15) is 32.3 Å². The summed E-state index contributed by atoms with van der Waals surface area (Å²) in [6.45, 7) is 4.40. The fourth-order valence-corrected chi connectivity index (χ4v) is 4.17. The summed E-state index contributed by atoms with van der Waals surface area (Å²) in [5, 5.41) is 10.7. The number of nitrogens with two attached hydrogens (primary N) is 1. The number of primary sulfonamides is 1. The maximum Gasteiger partial charge on any atom is 0.280 e. The molecule has 0 bridgehead atoms. The van der Waals surface area contributed by atoms with Gasteiger partial charge < -0.3 is 9.47 Å². The van der Waals surface area contributed by atoms with E-state index in [9.17, 15) is 13.2 Å². The molecule has 1 amide bonds. The van der Waals surface area contributed by atoms with E-state index in [0.717, 1.165) is 22.9 Å². The molecule has 0 saturated carbocycles. The molecule has 1 aliphatic rings. The van der Waals surface area contributed by atoms with Crippen molar-refractivity contribution in [3.05, 3.63) is 52.0 Å². The number of nitrogens with zero attached hydrogens (tertiary/aromatic N) is 2. The number of unbranched alkanes of at least 4 members (excludes halogenated alkanes) is 1. The number of sulfonamides is 1. The van der Waals surface area contributed by atoms with E-state index in [-0.39, 0.29) is 10.8 Å². The number of hydrazone groups is 1. The number of ether oxygens (including phenoxy) is 2. The van der Waals surface area contributed by atoms with Gasteiger partial charge in [0.05, 0.1) is 40.1 Å². The lowest BCUT2D eigenvalue weighted by Gasteiger charge is -2.14. The van der Waals surface area contributed by atoms with Gasteiger partial charge in [-0.25, -0.2) is 13.6 Å². The van der Waals surface area contributed by atoms with E-state index >= 15 is 0 Å². The van der Waals surface area contributed by atoms with Gasteiger partial charge in [-0.15, -0.1) is 0 Å². The number of hydrogen-bond acceptors (Lipinski definition) is 6. The average molecular weight is 522 g/mol. The van der Waals surface area contributed by atoms with Crippen molar-refractivity contribution in [1.82, 2.24) is 0 Å². The number of hydrogen-bond donors (Lipinski definition) is 1. The van der Waals surface area contributed by atoms with Crippen LogP contribution in [0.2, 0.25) is 0 Å². The Labute approximate surface area is 195 Å². The zero-order chi connectivity index (χ0) is 23.5. The Bertz CT molecular complexity index is 1190. The van der Waals surface area contributed by atoms with Crippen LogP contribution in [-0.4, -0.2) is 33.8 Å². The van der Waals surface area contributed by atoms with E-state index in [1.54, 1.807) is 26.2 Å². The number of rotatable bonds is 8. The predicted molar refractivity (Wildman–Crippen MR) is 127 cm³/mol. The third-order valence-corrected chi connectivity index (χ3v) is 6.30. The summed E-state index contributed by atoms with van der Waals surface area (Å²) in [7, 11) is -2.26. The second kappa shape index (κ2) is 9.85. The largest absolute Gasteiger partial charge is 0.493 e. The number of carbonyl (C=O) groups excluding carboxylic acids is 1. The monoisotopic (exact) mass is 521 g/mol. The molecule has 0 atom stereocenters. The van der Waals surface area contributed by atoms with Crippen LogP contribution in [0.3, 0.4) is 0 Å². The highest BCUT2D eigenvalue weighted by molar-refractivity contribution is 9.10. The summed E-state index contributed by atoms with van der Waals surface area (Å²) < 4.78 is 34.9. The standard InChI is InChI=1S/C22H24BrN3O5S/c1-4-5-10-31-21-19(23)12-15(13-20(21)30-3)11-18-14(2)25-26(22(18)27)16-6-8-17(9-7-16)32(24,28)29/h6-9,11-13H,4-5,10H2,1-3H3,(H2,24,28,29)/b18-11-. The van der Waals surface area contributed by atoms with Crippen molar-refractivity contribution < 1.29 is 22.7 Å². The molecule has 0 aromatic heterocycles. The molecule has 0 fully saturated rings. The minimum absolute atomic E-state index is 0.0393. The Morgan fingerprint density at radius 2 is 1.91 bits per heavy atom. The smallest absolute Gasteiger partial charge is 0.280 e. The molecular weight excluding hydrogens is 498 g/mol. The first-order valence-corrected chi connectivity index (χ1v) is 12.2. The van der Waals surface area contributed by atoms with Crippen LogP contribution < -0.4 is 19.6 Å². The van der Waals surface area contributed by atoms with E-state index in [1.807, 2.05) is 6.07 Å². The summed E-state index contributed by atoms with van der Waals surface area (Å²) in [5.74, 6) is 0.838. The van der Waals surface area contributed by atoms with Crippen LogP contribution in [0.15, 0.2) is 56.4 Å². The zero-order valence-electron chi connectivity index (χ0n) is 18.0. The Hall–Kier alpha value is -2.69. The fraction of sp³-hybridized carbons (Fsp3) is 0.273. The minimum atomic E-state index is -3.82. The molecule has 32 heavy (non-hydrogen) atoms. The number of anilines is 1. The van der Waals surface area contributed by atoms with E-state index in [1.165, 1.54) is 29.3 Å². The maximum atomic E-state index is 13.0. The second-order valence-corrected chi connectivity index (χ2v) is 9.55. The molecular formula is C22H24BrN3O5S. The molecule has 2 N–H and O–H groups in total. The third-order valence-electron chi connectivity index (χ3n) is 4.78. The van der Waals surface area contributed by atoms with Gasteiger partial charge in [-0.2, -0.15) is 10.1 Å². The number of benzene rings is 2. The molecule has 2 aromatic carbocycles. The summed E-state index contributed by atoms with van der Waals surface area (Å²) in [6, 6.07) is 9.29. The van der Waals surface area contributed by atoms with Crippen LogP contribution >= 0.6 is 15.9 Å². The summed E-state index contributed by atoms with van der Waals surface area (Å²) in [4.78, 5) is 13.0. The van der Waals surface area contributed by atoms with Crippen molar-refractivity contribution in [2.24, 2.45) is 10.2 Å². The van der Waals surface area contributed by atoms with Gasteiger partial charge in [0.25, 0.3) is 5.91 Å². The molecule has 0 aliphatic carbocycles. The topological polar surface area (TPSA) is 111 Å². The molecule has 8 nitrogen and oxygen atoms in total. The quantitative estimate of drug-likeness (QED) is 0.415. The maximum absolute atomic E-state index is 13.0. The fourth-order valence-electron chi connectivity index (χ4n) is 3.08. The highest BCUT2D eigenvalue weighted by Crippen LogP contribution is 2.38. The number of methoxy groups -OCH3 is 1. The van der Waals surface area contributed by atoms with Crippen molar-refractivity contribution in [1.29, 1.82) is 0 Å². The zero-order valence-corrected chi connectivity index (χ0v) is 20.4. The molecule has 1 heterocycles. The second-order valence-electron chi connectivity index (χ2n) is 7.14. The Morgan fingerprint density at radius 3 is 2.50 bits per heavy atom. The Balaban J connectivity index is 1.89. The molecule has 3 rings (SSSR count). The van der Waals surface area contributed by atoms with Crippen LogP contribution in [-0.2, 0) is 14.8 Å². The van der Waals surface area contributed by atoms with Gasteiger partial charge in [-0.05, 0) is 77.3 Å². The first-order valence-electron chi connectivity index (χ1n) is 9.90. The summed E-state index contributed by atoms with van der Waals surface area (Å²) >= 11 is 3.52. The SMILES string of the molecule is CCCCOc1c(Br)cc(/C=C2\C(=O)N(c3ccc(S(N)(=O)=O)cc3)N=C2C)cc1OC. The van der Waals surface area contributed by atoms with Gasteiger partial charge >= 0.3 is 0 Å². The van der Waals surface area contributed by atoms with Gasteiger partial charge in [-0.3, -0.25) is 4.79 Å². The van der Waals surface area contributed by atoms with Crippen molar-refractivity contribution in [3.63, 3.8) is 0 Å². The van der Waals surface area contributed by atoms with Crippen molar-refractivity contribution in [2.75, 3.05) is 18.7 Å². The molecule has 10 heteroatoms. The molecule has 1 aliphatic heterocycles. The normalized spacial score (nSPS) is 15.3. The van der Waals surface area contributed by atoms with Gasteiger partial charge in [-0.1, -0.05) is 13.3 Å². The molecule has 170 valence electrons. The van der Waals surface area contributed by atoms with Crippen molar-refractivity contribution >= 4 is 49.3 Å². The van der Waals surface area contributed by atoms with Crippen LogP contribution in [0.4, 0.5) is 5.69 Å². The average Bonchev–Trinajstić information content (AvgIpc) is 3.02. The number of halogens is 1. The van der Waals surface area contributed by atoms with Crippen molar-refractivity contribution in [3.8, 4) is 11.5 Å². The van der Waals surface area contributed by atoms with Gasteiger partial charge in [0, 0.05) is 0 Å². The number of amides is 1. The summed E-state index contributed by atoms with van der Waals surface area (Å²) in [5.41, 5.74) is 2.11. The van der Waals surface area contributed by atoms with Crippen LogP contribution in [0.5, 0.6) is 11.5 Å². The lowest BCUT2D eigenvalue weighted by molar-refractivity contribution is -0.114. The van der Waals surface area contributed by atoms with E-state index in [2.05, 4.69) is 28.0 Å². The third kappa shape index (κ3) is 5.20. The minimum Gasteiger partial charge on any atom is -0.493 e. The molecule has 2 aromatic rings. The first kappa shape index (κ1) is 24.0. The molecule has 0 radical (unpaired) electrons. The number of carbonyl (C=O) groups is 1. The van der Waals surface area contributed by atoms with E-state index < -0.39 is 10.0 Å². The lowest BCUT2D eigenvalue weighted by atomic mass is 10.1. The molecule has 0 saturated heterocycles. The molecule has 0 spiro atoms.